The van der Waals surface area contributed by atoms with Crippen molar-refractivity contribution in [1.82, 2.24) is 5.43 Å². The first-order chi connectivity index (χ1) is 7.19. The number of aliphatic imine (C=N–C) groups is 1. The van der Waals surface area contributed by atoms with Crippen molar-refractivity contribution >= 4 is 21.8 Å². The third-order valence-electron chi connectivity index (χ3n) is 2.31. The van der Waals surface area contributed by atoms with Gasteiger partial charge in [0.05, 0.1) is 6.04 Å². The van der Waals surface area contributed by atoms with E-state index < -0.39 is 0 Å². The number of benzene rings is 1. The van der Waals surface area contributed by atoms with Gasteiger partial charge in [-0.15, -0.1) is 0 Å². The molecule has 0 amide bonds. The van der Waals surface area contributed by atoms with E-state index in [0.29, 0.717) is 6.04 Å². The first-order valence-corrected chi connectivity index (χ1v) is 5.80. The molecule has 0 radical (unpaired) electrons. The van der Waals surface area contributed by atoms with Crippen molar-refractivity contribution < 1.29 is 0 Å². The molecule has 1 aromatic carbocycles. The summed E-state index contributed by atoms with van der Waals surface area (Å²) in [6.07, 6.45) is 2.36. The van der Waals surface area contributed by atoms with Gasteiger partial charge in [-0.25, -0.2) is 5.84 Å². The van der Waals surface area contributed by atoms with Crippen LogP contribution in [-0.2, 0) is 0 Å². The van der Waals surface area contributed by atoms with Gasteiger partial charge >= 0.3 is 0 Å². The monoisotopic (exact) mass is 267 g/mol. The summed E-state index contributed by atoms with van der Waals surface area (Å²) in [4.78, 5) is 4.52. The second-order valence-corrected chi connectivity index (χ2v) is 4.79. The summed E-state index contributed by atoms with van der Waals surface area (Å²) in [5.74, 6) is 6.26. The molecule has 3 N–H and O–H groups in total. The summed E-state index contributed by atoms with van der Waals surface area (Å²) >= 11 is 3.47. The highest BCUT2D eigenvalue weighted by atomic mass is 79.9. The number of hydrogen-bond acceptors (Lipinski definition) is 2. The Labute approximate surface area is 97.9 Å². The van der Waals surface area contributed by atoms with Crippen LogP contribution in [0.1, 0.15) is 24.0 Å². The van der Waals surface area contributed by atoms with Crippen molar-refractivity contribution in [1.29, 1.82) is 0 Å². The predicted molar refractivity (Wildman–Crippen MR) is 65.8 cm³/mol. The van der Waals surface area contributed by atoms with Crippen molar-refractivity contribution in [2.24, 2.45) is 10.8 Å². The number of aryl methyl sites for hydroxylation is 1. The second kappa shape index (κ2) is 4.33. The van der Waals surface area contributed by atoms with Gasteiger partial charge in [0.1, 0.15) is 5.84 Å². The van der Waals surface area contributed by atoms with E-state index in [-0.39, 0.29) is 0 Å². The summed E-state index contributed by atoms with van der Waals surface area (Å²) in [5, 5.41) is 0. The SMILES string of the molecule is Cc1cc(Br)cc(C(=NC2CC2)NN)c1. The Balaban J connectivity index is 2.32. The molecule has 0 unspecified atom stereocenters. The lowest BCUT2D eigenvalue weighted by atomic mass is 10.1. The van der Waals surface area contributed by atoms with Gasteiger partial charge in [-0.2, -0.15) is 0 Å². The first kappa shape index (κ1) is 10.6. The molecule has 1 aromatic rings. The Morgan fingerprint density at radius 2 is 2.20 bits per heavy atom. The fourth-order valence-corrected chi connectivity index (χ4v) is 2.06. The molecular formula is C11H14BrN3. The van der Waals surface area contributed by atoms with E-state index in [1.54, 1.807) is 0 Å². The second-order valence-electron chi connectivity index (χ2n) is 3.87. The zero-order valence-corrected chi connectivity index (χ0v) is 10.2. The molecule has 1 saturated carbocycles. The molecule has 0 heterocycles. The highest BCUT2D eigenvalue weighted by Gasteiger charge is 2.21. The maximum absolute atomic E-state index is 5.48. The third-order valence-corrected chi connectivity index (χ3v) is 2.77. The molecule has 0 bridgehead atoms. The number of nitrogens with one attached hydrogen (secondary N) is 1. The minimum absolute atomic E-state index is 0.468. The Morgan fingerprint density at radius 1 is 1.47 bits per heavy atom. The Bertz CT molecular complexity index is 377. The summed E-state index contributed by atoms with van der Waals surface area (Å²) in [6.45, 7) is 2.06. The predicted octanol–water partition coefficient (Wildman–Crippen LogP) is 2.13. The topological polar surface area (TPSA) is 50.4 Å². The van der Waals surface area contributed by atoms with Crippen molar-refractivity contribution in [2.75, 3.05) is 0 Å². The summed E-state index contributed by atoms with van der Waals surface area (Å²) < 4.78 is 1.05. The van der Waals surface area contributed by atoms with Crippen LogP contribution in [0.15, 0.2) is 27.7 Å². The summed E-state index contributed by atoms with van der Waals surface area (Å²) in [7, 11) is 0. The van der Waals surface area contributed by atoms with Gasteiger partial charge in [-0.3, -0.25) is 4.99 Å². The van der Waals surface area contributed by atoms with Gasteiger partial charge < -0.3 is 5.43 Å². The zero-order chi connectivity index (χ0) is 10.8. The van der Waals surface area contributed by atoms with Crippen LogP contribution in [0.2, 0.25) is 0 Å². The van der Waals surface area contributed by atoms with Gasteiger partial charge in [0, 0.05) is 10.0 Å². The maximum Gasteiger partial charge on any atom is 0.142 e. The molecule has 1 aliphatic rings. The third kappa shape index (κ3) is 2.79. The number of nitrogens with two attached hydrogens (primary N) is 1. The molecule has 15 heavy (non-hydrogen) atoms. The molecule has 0 spiro atoms. The Kier molecular flexibility index (Phi) is 3.07. The zero-order valence-electron chi connectivity index (χ0n) is 8.63. The Hall–Kier alpha value is -0.870. The lowest BCUT2D eigenvalue weighted by Gasteiger charge is -2.07. The number of hydrazine groups is 1. The van der Waals surface area contributed by atoms with Crippen LogP contribution in [0, 0.1) is 6.92 Å². The van der Waals surface area contributed by atoms with Crippen LogP contribution in [0.5, 0.6) is 0 Å². The van der Waals surface area contributed by atoms with Gasteiger partial charge in [0.2, 0.25) is 0 Å². The van der Waals surface area contributed by atoms with Gasteiger partial charge in [-0.05, 0) is 43.5 Å². The molecule has 3 nitrogen and oxygen atoms in total. The summed E-state index contributed by atoms with van der Waals surface area (Å²) in [5.41, 5.74) is 4.90. The largest absolute Gasteiger partial charge is 0.308 e. The van der Waals surface area contributed by atoms with E-state index in [1.807, 2.05) is 6.07 Å². The van der Waals surface area contributed by atoms with Crippen LogP contribution in [0.3, 0.4) is 0 Å². The van der Waals surface area contributed by atoms with Crippen LogP contribution >= 0.6 is 15.9 Å². The normalized spacial score (nSPS) is 16.6. The molecule has 1 fully saturated rings. The Morgan fingerprint density at radius 3 is 2.73 bits per heavy atom. The lowest BCUT2D eigenvalue weighted by Crippen LogP contribution is -2.31. The van der Waals surface area contributed by atoms with Gasteiger partial charge in [-0.1, -0.05) is 15.9 Å². The smallest absolute Gasteiger partial charge is 0.142 e. The van der Waals surface area contributed by atoms with Crippen molar-refractivity contribution in [3.05, 3.63) is 33.8 Å². The lowest BCUT2D eigenvalue weighted by molar-refractivity contribution is 0.970. The molecule has 2 rings (SSSR count). The first-order valence-electron chi connectivity index (χ1n) is 5.01. The number of amidine groups is 1. The highest BCUT2D eigenvalue weighted by molar-refractivity contribution is 9.10. The van der Waals surface area contributed by atoms with E-state index >= 15 is 0 Å². The van der Waals surface area contributed by atoms with Gasteiger partial charge in [0.15, 0.2) is 0 Å². The fourth-order valence-electron chi connectivity index (χ4n) is 1.45. The van der Waals surface area contributed by atoms with E-state index in [4.69, 9.17) is 5.84 Å². The minimum Gasteiger partial charge on any atom is -0.308 e. The van der Waals surface area contributed by atoms with E-state index in [9.17, 15) is 0 Å². The number of rotatable bonds is 2. The van der Waals surface area contributed by atoms with Crippen molar-refractivity contribution in [2.45, 2.75) is 25.8 Å². The quantitative estimate of drug-likeness (QED) is 0.373. The number of hydrogen-bond donors (Lipinski definition) is 2. The molecule has 0 aliphatic heterocycles. The van der Waals surface area contributed by atoms with E-state index in [0.717, 1.165) is 15.9 Å². The standard InChI is InChI=1S/C11H14BrN3/c1-7-4-8(6-9(12)5-7)11(15-13)14-10-2-3-10/h4-6,10H,2-3,13H2,1H3,(H,14,15). The average Bonchev–Trinajstić information content (AvgIpc) is 2.96. The van der Waals surface area contributed by atoms with E-state index in [1.165, 1.54) is 18.4 Å². The molecule has 0 aromatic heterocycles. The van der Waals surface area contributed by atoms with Crippen LogP contribution < -0.4 is 11.3 Å². The number of halogens is 1. The van der Waals surface area contributed by atoms with E-state index in [2.05, 4.69) is 45.4 Å². The fraction of sp³-hybridized carbons (Fsp3) is 0.364. The van der Waals surface area contributed by atoms with Crippen LogP contribution in [0.25, 0.3) is 0 Å². The molecule has 0 saturated heterocycles. The highest BCUT2D eigenvalue weighted by Crippen LogP contribution is 2.24. The molecule has 0 atom stereocenters. The van der Waals surface area contributed by atoms with Crippen LogP contribution in [0.4, 0.5) is 0 Å². The van der Waals surface area contributed by atoms with Crippen LogP contribution in [-0.4, -0.2) is 11.9 Å². The van der Waals surface area contributed by atoms with Crippen molar-refractivity contribution in [3.8, 4) is 0 Å². The molecule has 1 aliphatic carbocycles. The molecule has 4 heteroatoms. The maximum atomic E-state index is 5.48. The van der Waals surface area contributed by atoms with Crippen molar-refractivity contribution in [3.63, 3.8) is 0 Å². The average molecular weight is 268 g/mol. The molecule has 80 valence electrons. The minimum atomic E-state index is 0.468. The summed E-state index contributed by atoms with van der Waals surface area (Å²) in [6, 6.07) is 6.63. The number of nitrogens with zero attached hydrogens (tertiary/aromatic N) is 1. The molecular weight excluding hydrogens is 254 g/mol. The van der Waals surface area contributed by atoms with Gasteiger partial charge in [0.25, 0.3) is 0 Å².